The molecule has 18 heavy (non-hydrogen) atoms. The van der Waals surface area contributed by atoms with Crippen molar-refractivity contribution in [2.24, 2.45) is 5.92 Å². The molecule has 1 N–H and O–H groups in total. The molecule has 1 aliphatic heterocycles. The monoisotopic (exact) mass is 244 g/mol. The van der Waals surface area contributed by atoms with Crippen LogP contribution in [0.1, 0.15) is 43.2 Å². The zero-order chi connectivity index (χ0) is 12.5. The van der Waals surface area contributed by atoms with Gasteiger partial charge in [0.15, 0.2) is 0 Å². The topological polar surface area (TPSA) is 15.3 Å². The van der Waals surface area contributed by atoms with Gasteiger partial charge in [0.05, 0.1) is 0 Å². The molecule has 0 amide bonds. The molecular formula is C16H24N2. The highest BCUT2D eigenvalue weighted by molar-refractivity contribution is 5.63. The molecule has 0 aromatic heterocycles. The highest BCUT2D eigenvalue weighted by Crippen LogP contribution is 2.48. The Morgan fingerprint density at radius 1 is 1.33 bits per heavy atom. The minimum Gasteiger partial charge on any atom is -0.374 e. The molecule has 1 fully saturated rings. The third kappa shape index (κ3) is 1.93. The lowest BCUT2D eigenvalue weighted by Gasteiger charge is -2.37. The molecule has 1 aromatic rings. The predicted octanol–water partition coefficient (Wildman–Crippen LogP) is 3.13. The van der Waals surface area contributed by atoms with E-state index in [1.165, 1.54) is 37.1 Å². The summed E-state index contributed by atoms with van der Waals surface area (Å²) in [6.07, 6.45) is 4.24. The SMILES string of the molecule is CCNCc1cccc2c1N(C)C[C@@H]1CCC[C@H]21. The molecule has 0 radical (unpaired) electrons. The van der Waals surface area contributed by atoms with Gasteiger partial charge in [-0.25, -0.2) is 0 Å². The van der Waals surface area contributed by atoms with E-state index in [1.807, 2.05) is 0 Å². The molecular weight excluding hydrogens is 220 g/mol. The van der Waals surface area contributed by atoms with Crippen molar-refractivity contribution in [3.8, 4) is 0 Å². The summed E-state index contributed by atoms with van der Waals surface area (Å²) in [5.74, 6) is 1.73. The van der Waals surface area contributed by atoms with Gasteiger partial charge >= 0.3 is 0 Å². The van der Waals surface area contributed by atoms with Gasteiger partial charge in [-0.15, -0.1) is 0 Å². The molecule has 2 heteroatoms. The Kier molecular flexibility index (Phi) is 3.29. The molecule has 1 aromatic carbocycles. The first kappa shape index (κ1) is 12.0. The van der Waals surface area contributed by atoms with Gasteiger partial charge in [-0.3, -0.25) is 0 Å². The fourth-order valence-corrected chi connectivity index (χ4v) is 3.89. The van der Waals surface area contributed by atoms with E-state index >= 15 is 0 Å². The molecule has 98 valence electrons. The van der Waals surface area contributed by atoms with Crippen LogP contribution in [0.3, 0.4) is 0 Å². The highest BCUT2D eigenvalue weighted by atomic mass is 15.1. The smallest absolute Gasteiger partial charge is 0.0444 e. The number of rotatable bonds is 3. The standard InChI is InChI=1S/C16H24N2/c1-3-17-10-12-6-4-9-15-14-8-5-7-13(14)11-18(2)16(12)15/h4,6,9,13-14,17H,3,5,7-8,10-11H2,1-2H3/t13-,14-/m0/s1. The van der Waals surface area contributed by atoms with Crippen molar-refractivity contribution in [3.05, 3.63) is 29.3 Å². The molecule has 2 aliphatic rings. The molecule has 1 heterocycles. The molecule has 2 atom stereocenters. The molecule has 0 spiro atoms. The van der Waals surface area contributed by atoms with Gasteiger partial charge in [-0.2, -0.15) is 0 Å². The fraction of sp³-hybridized carbons (Fsp3) is 0.625. The van der Waals surface area contributed by atoms with E-state index in [0.29, 0.717) is 0 Å². The van der Waals surface area contributed by atoms with Crippen LogP contribution in [0.5, 0.6) is 0 Å². The van der Waals surface area contributed by atoms with Gasteiger partial charge in [0.25, 0.3) is 0 Å². The Morgan fingerprint density at radius 3 is 3.06 bits per heavy atom. The normalized spacial score (nSPS) is 26.0. The second-order valence-corrected chi connectivity index (χ2v) is 5.81. The third-order valence-corrected chi connectivity index (χ3v) is 4.66. The lowest BCUT2D eigenvalue weighted by atomic mass is 9.82. The minimum absolute atomic E-state index is 0.831. The Bertz CT molecular complexity index is 427. The van der Waals surface area contributed by atoms with Crippen LogP contribution in [0.25, 0.3) is 0 Å². The van der Waals surface area contributed by atoms with Crippen LogP contribution in [0.2, 0.25) is 0 Å². The van der Waals surface area contributed by atoms with Crippen LogP contribution in [-0.2, 0) is 6.54 Å². The van der Waals surface area contributed by atoms with E-state index in [2.05, 4.69) is 42.4 Å². The van der Waals surface area contributed by atoms with Crippen molar-refractivity contribution in [2.75, 3.05) is 25.0 Å². The molecule has 1 aliphatic carbocycles. The van der Waals surface area contributed by atoms with Crippen molar-refractivity contribution in [1.82, 2.24) is 5.32 Å². The van der Waals surface area contributed by atoms with Gasteiger partial charge in [0.2, 0.25) is 0 Å². The zero-order valence-electron chi connectivity index (χ0n) is 11.6. The number of hydrogen-bond acceptors (Lipinski definition) is 2. The van der Waals surface area contributed by atoms with Crippen molar-refractivity contribution in [3.63, 3.8) is 0 Å². The predicted molar refractivity (Wildman–Crippen MR) is 77.2 cm³/mol. The van der Waals surface area contributed by atoms with E-state index in [4.69, 9.17) is 0 Å². The van der Waals surface area contributed by atoms with Gasteiger partial charge in [0.1, 0.15) is 0 Å². The van der Waals surface area contributed by atoms with E-state index in [1.54, 1.807) is 5.56 Å². The first-order chi connectivity index (χ1) is 8.81. The Morgan fingerprint density at radius 2 is 2.22 bits per heavy atom. The van der Waals surface area contributed by atoms with Crippen molar-refractivity contribution in [1.29, 1.82) is 0 Å². The summed E-state index contributed by atoms with van der Waals surface area (Å²) >= 11 is 0. The summed E-state index contributed by atoms with van der Waals surface area (Å²) in [6.45, 7) is 5.47. The van der Waals surface area contributed by atoms with Crippen LogP contribution in [0.4, 0.5) is 5.69 Å². The van der Waals surface area contributed by atoms with Crippen LogP contribution in [0, 0.1) is 5.92 Å². The summed E-state index contributed by atoms with van der Waals surface area (Å²) in [7, 11) is 2.27. The lowest BCUT2D eigenvalue weighted by Crippen LogP contribution is -2.34. The second-order valence-electron chi connectivity index (χ2n) is 5.81. The van der Waals surface area contributed by atoms with E-state index in [-0.39, 0.29) is 0 Å². The highest BCUT2D eigenvalue weighted by Gasteiger charge is 2.36. The summed E-state index contributed by atoms with van der Waals surface area (Å²) in [4.78, 5) is 2.49. The maximum atomic E-state index is 3.47. The van der Waals surface area contributed by atoms with Gasteiger partial charge < -0.3 is 10.2 Å². The first-order valence-electron chi connectivity index (χ1n) is 7.35. The number of para-hydroxylation sites is 1. The molecule has 2 nitrogen and oxygen atoms in total. The van der Waals surface area contributed by atoms with E-state index < -0.39 is 0 Å². The van der Waals surface area contributed by atoms with Crippen molar-refractivity contribution < 1.29 is 0 Å². The van der Waals surface area contributed by atoms with Gasteiger partial charge in [-0.05, 0) is 42.3 Å². The van der Waals surface area contributed by atoms with Crippen LogP contribution in [0.15, 0.2) is 18.2 Å². The molecule has 0 bridgehead atoms. The number of nitrogens with one attached hydrogen (secondary N) is 1. The van der Waals surface area contributed by atoms with Crippen molar-refractivity contribution >= 4 is 5.69 Å². The van der Waals surface area contributed by atoms with E-state index in [0.717, 1.165) is 24.9 Å². The van der Waals surface area contributed by atoms with E-state index in [9.17, 15) is 0 Å². The Balaban J connectivity index is 1.98. The number of benzene rings is 1. The minimum atomic E-state index is 0.831. The third-order valence-electron chi connectivity index (χ3n) is 4.66. The number of anilines is 1. The summed E-state index contributed by atoms with van der Waals surface area (Å²) in [5, 5.41) is 3.47. The largest absolute Gasteiger partial charge is 0.374 e. The lowest BCUT2D eigenvalue weighted by molar-refractivity contribution is 0.464. The fourth-order valence-electron chi connectivity index (χ4n) is 3.89. The number of nitrogens with zero attached hydrogens (tertiary/aromatic N) is 1. The quantitative estimate of drug-likeness (QED) is 0.879. The second kappa shape index (κ2) is 4.93. The Hall–Kier alpha value is -1.02. The van der Waals surface area contributed by atoms with Gasteiger partial charge in [0, 0.05) is 25.8 Å². The summed E-state index contributed by atoms with van der Waals surface area (Å²) < 4.78 is 0. The number of hydrogen-bond donors (Lipinski definition) is 1. The average Bonchev–Trinajstić information content (AvgIpc) is 2.84. The van der Waals surface area contributed by atoms with Crippen LogP contribution >= 0.6 is 0 Å². The number of fused-ring (bicyclic) bond motifs is 3. The van der Waals surface area contributed by atoms with Gasteiger partial charge in [-0.1, -0.05) is 31.5 Å². The Labute approximate surface area is 110 Å². The van der Waals surface area contributed by atoms with Crippen molar-refractivity contribution in [2.45, 2.75) is 38.6 Å². The van der Waals surface area contributed by atoms with Crippen LogP contribution in [-0.4, -0.2) is 20.1 Å². The first-order valence-corrected chi connectivity index (χ1v) is 7.35. The molecule has 0 unspecified atom stereocenters. The van der Waals surface area contributed by atoms with Crippen LogP contribution < -0.4 is 10.2 Å². The summed E-state index contributed by atoms with van der Waals surface area (Å²) in [6, 6.07) is 6.90. The molecule has 1 saturated carbocycles. The maximum absolute atomic E-state index is 3.47. The molecule has 3 rings (SSSR count). The zero-order valence-corrected chi connectivity index (χ0v) is 11.6. The summed E-state index contributed by atoms with van der Waals surface area (Å²) in [5.41, 5.74) is 4.60. The average molecular weight is 244 g/mol. The molecule has 0 saturated heterocycles. The maximum Gasteiger partial charge on any atom is 0.0444 e.